The summed E-state index contributed by atoms with van der Waals surface area (Å²) in [6.45, 7) is 5.76. The molecule has 1 aliphatic heterocycles. The van der Waals surface area contributed by atoms with E-state index in [0.717, 1.165) is 5.56 Å². The molecule has 1 aromatic carbocycles. The maximum Gasteiger partial charge on any atom is 0.279 e. The summed E-state index contributed by atoms with van der Waals surface area (Å²) in [6.07, 6.45) is 4.74. The quantitative estimate of drug-likeness (QED) is 0.410. The molecule has 4 aromatic rings. The van der Waals surface area contributed by atoms with Gasteiger partial charge in [-0.3, -0.25) is 14.0 Å². The van der Waals surface area contributed by atoms with Crippen LogP contribution in [0, 0.1) is 12.7 Å². The molecule has 10 heteroatoms. The van der Waals surface area contributed by atoms with Crippen molar-refractivity contribution in [1.29, 1.82) is 0 Å². The SMILES string of the molecule is Cc1nc2c(-c3ccc(Cl)cc3F)nc(C3CC(c4cnn(C)c4)OC(C)(C)C3)nc2c(=O)n1C. The van der Waals surface area contributed by atoms with Crippen LogP contribution in [0.2, 0.25) is 5.02 Å². The van der Waals surface area contributed by atoms with Crippen molar-refractivity contribution in [2.75, 3.05) is 0 Å². The minimum atomic E-state index is -0.538. The maximum absolute atomic E-state index is 15.0. The van der Waals surface area contributed by atoms with Gasteiger partial charge in [0.2, 0.25) is 0 Å². The van der Waals surface area contributed by atoms with Crippen molar-refractivity contribution >= 4 is 22.6 Å². The second-order valence-electron chi connectivity index (χ2n) is 9.73. The van der Waals surface area contributed by atoms with Crippen LogP contribution in [-0.2, 0) is 18.8 Å². The van der Waals surface area contributed by atoms with E-state index < -0.39 is 11.4 Å². The molecule has 3 aromatic heterocycles. The normalized spacial score (nSPS) is 19.9. The van der Waals surface area contributed by atoms with Crippen molar-refractivity contribution in [3.8, 4) is 11.3 Å². The molecule has 0 radical (unpaired) electrons. The molecule has 0 saturated carbocycles. The van der Waals surface area contributed by atoms with Gasteiger partial charge in [0.05, 0.1) is 17.9 Å². The molecule has 0 bridgehead atoms. The Morgan fingerprint density at radius 1 is 1.17 bits per heavy atom. The summed E-state index contributed by atoms with van der Waals surface area (Å²) < 4.78 is 24.6. The molecular formula is C25H26ClFN6O2. The van der Waals surface area contributed by atoms with Crippen LogP contribution in [0.25, 0.3) is 22.3 Å². The Balaban J connectivity index is 1.71. The van der Waals surface area contributed by atoms with Gasteiger partial charge in [-0.2, -0.15) is 5.10 Å². The molecule has 1 saturated heterocycles. The van der Waals surface area contributed by atoms with Crippen LogP contribution in [0.15, 0.2) is 35.4 Å². The Morgan fingerprint density at radius 3 is 2.63 bits per heavy atom. The van der Waals surface area contributed by atoms with Gasteiger partial charge in [-0.25, -0.2) is 19.3 Å². The van der Waals surface area contributed by atoms with Gasteiger partial charge in [0.1, 0.15) is 28.7 Å². The van der Waals surface area contributed by atoms with Gasteiger partial charge in [-0.05, 0) is 51.8 Å². The number of rotatable bonds is 3. The lowest BCUT2D eigenvalue weighted by Gasteiger charge is -2.40. The number of aryl methyl sites for hydroxylation is 2. The van der Waals surface area contributed by atoms with E-state index in [-0.39, 0.29) is 44.9 Å². The molecule has 0 amide bonds. The highest BCUT2D eigenvalue weighted by atomic mass is 35.5. The summed E-state index contributed by atoms with van der Waals surface area (Å²) in [7, 11) is 3.50. The first-order valence-corrected chi connectivity index (χ1v) is 11.8. The van der Waals surface area contributed by atoms with Crippen molar-refractivity contribution in [1.82, 2.24) is 29.3 Å². The number of aromatic nitrogens is 6. The monoisotopic (exact) mass is 496 g/mol. The minimum Gasteiger partial charge on any atom is -0.367 e. The number of nitrogens with zero attached hydrogens (tertiary/aromatic N) is 6. The summed E-state index contributed by atoms with van der Waals surface area (Å²) >= 11 is 5.99. The van der Waals surface area contributed by atoms with Crippen LogP contribution in [0.5, 0.6) is 0 Å². The van der Waals surface area contributed by atoms with Crippen molar-refractivity contribution < 1.29 is 9.13 Å². The summed E-state index contributed by atoms with van der Waals surface area (Å²) in [5, 5.41) is 4.55. The predicted octanol–water partition coefficient (Wildman–Crippen LogP) is 4.64. The van der Waals surface area contributed by atoms with E-state index in [0.29, 0.717) is 24.5 Å². The lowest BCUT2D eigenvalue weighted by atomic mass is 9.83. The Morgan fingerprint density at radius 2 is 1.94 bits per heavy atom. The predicted molar refractivity (Wildman–Crippen MR) is 131 cm³/mol. The van der Waals surface area contributed by atoms with Gasteiger partial charge in [0.15, 0.2) is 5.52 Å². The van der Waals surface area contributed by atoms with Crippen LogP contribution in [0.4, 0.5) is 4.39 Å². The molecule has 0 aliphatic carbocycles. The molecule has 4 heterocycles. The zero-order chi connectivity index (χ0) is 25.1. The van der Waals surface area contributed by atoms with Crippen LogP contribution >= 0.6 is 11.6 Å². The average Bonchev–Trinajstić information content (AvgIpc) is 3.23. The van der Waals surface area contributed by atoms with Crippen LogP contribution < -0.4 is 5.56 Å². The molecule has 2 unspecified atom stereocenters. The van der Waals surface area contributed by atoms with E-state index in [1.54, 1.807) is 37.0 Å². The van der Waals surface area contributed by atoms with E-state index in [1.165, 1.54) is 10.6 Å². The highest BCUT2D eigenvalue weighted by Gasteiger charge is 2.38. The Hall–Kier alpha value is -3.17. The molecule has 182 valence electrons. The lowest BCUT2D eigenvalue weighted by molar-refractivity contribution is -0.117. The number of hydrogen-bond donors (Lipinski definition) is 0. The number of halogens is 2. The molecule has 8 nitrogen and oxygen atoms in total. The molecule has 1 fully saturated rings. The zero-order valence-electron chi connectivity index (χ0n) is 20.2. The third-order valence-electron chi connectivity index (χ3n) is 6.51. The largest absolute Gasteiger partial charge is 0.367 e. The first-order valence-electron chi connectivity index (χ1n) is 11.4. The molecular weight excluding hydrogens is 471 g/mol. The Labute approximate surface area is 206 Å². The highest BCUT2D eigenvalue weighted by molar-refractivity contribution is 6.30. The van der Waals surface area contributed by atoms with Crippen molar-refractivity contribution in [2.45, 2.75) is 51.2 Å². The number of hydrogen-bond acceptors (Lipinski definition) is 6. The van der Waals surface area contributed by atoms with E-state index >= 15 is 4.39 Å². The standard InChI is InChI=1S/C25H26ClFN6O2/c1-13-29-21-20(17-7-6-16(26)9-18(17)27)30-23(31-22(21)24(34)33(13)5)14-8-19(35-25(2,3)10-14)15-11-28-32(4)12-15/h6-7,9,11-12,14,19H,8,10H2,1-5H3. The second-order valence-corrected chi connectivity index (χ2v) is 10.2. The second kappa shape index (κ2) is 8.49. The molecule has 35 heavy (non-hydrogen) atoms. The van der Waals surface area contributed by atoms with E-state index in [9.17, 15) is 4.79 Å². The molecule has 1 aliphatic rings. The van der Waals surface area contributed by atoms with E-state index in [2.05, 4.69) is 10.1 Å². The summed E-state index contributed by atoms with van der Waals surface area (Å²) in [5.41, 5.74) is 1.12. The lowest BCUT2D eigenvalue weighted by Crippen LogP contribution is -2.35. The van der Waals surface area contributed by atoms with E-state index in [1.807, 2.05) is 27.1 Å². The van der Waals surface area contributed by atoms with Gasteiger partial charge in [-0.1, -0.05) is 11.6 Å². The fraction of sp³-hybridized carbons (Fsp3) is 0.400. The zero-order valence-corrected chi connectivity index (χ0v) is 21.0. The molecule has 0 N–H and O–H groups in total. The molecule has 2 atom stereocenters. The number of benzene rings is 1. The Bertz CT molecular complexity index is 1510. The molecule has 0 spiro atoms. The summed E-state index contributed by atoms with van der Waals surface area (Å²) in [6, 6.07) is 4.38. The minimum absolute atomic E-state index is 0.131. The number of ether oxygens (including phenoxy) is 1. The van der Waals surface area contributed by atoms with Gasteiger partial charge in [0, 0.05) is 42.4 Å². The van der Waals surface area contributed by atoms with Gasteiger partial charge >= 0.3 is 0 Å². The van der Waals surface area contributed by atoms with E-state index in [4.69, 9.17) is 26.3 Å². The Kier molecular flexibility index (Phi) is 5.72. The van der Waals surface area contributed by atoms with Crippen LogP contribution in [0.1, 0.15) is 55.9 Å². The van der Waals surface area contributed by atoms with Gasteiger partial charge in [0.25, 0.3) is 5.56 Å². The third-order valence-corrected chi connectivity index (χ3v) is 6.75. The smallest absolute Gasteiger partial charge is 0.279 e. The van der Waals surface area contributed by atoms with Crippen molar-refractivity contribution in [3.63, 3.8) is 0 Å². The van der Waals surface area contributed by atoms with Crippen molar-refractivity contribution in [2.24, 2.45) is 14.1 Å². The van der Waals surface area contributed by atoms with Crippen molar-refractivity contribution in [3.05, 3.63) is 69.0 Å². The highest BCUT2D eigenvalue weighted by Crippen LogP contribution is 2.44. The fourth-order valence-corrected chi connectivity index (χ4v) is 4.90. The summed E-state index contributed by atoms with van der Waals surface area (Å²) in [4.78, 5) is 27.3. The first-order chi connectivity index (χ1) is 16.5. The summed E-state index contributed by atoms with van der Waals surface area (Å²) in [5.74, 6) is 0.283. The topological polar surface area (TPSA) is 87.7 Å². The van der Waals surface area contributed by atoms with Gasteiger partial charge < -0.3 is 4.74 Å². The van der Waals surface area contributed by atoms with Crippen LogP contribution in [0.3, 0.4) is 0 Å². The van der Waals surface area contributed by atoms with Gasteiger partial charge in [-0.15, -0.1) is 0 Å². The maximum atomic E-state index is 15.0. The molecule has 5 rings (SSSR count). The number of fused-ring (bicyclic) bond motifs is 1. The average molecular weight is 497 g/mol. The van der Waals surface area contributed by atoms with Crippen LogP contribution in [-0.4, -0.2) is 34.9 Å². The first kappa shape index (κ1) is 23.6. The fourth-order valence-electron chi connectivity index (χ4n) is 4.75. The third kappa shape index (κ3) is 4.34.